The number of carbonyl (C=O) groups excluding carboxylic acids is 3. The summed E-state index contributed by atoms with van der Waals surface area (Å²) < 4.78 is 52.9. The minimum absolute atomic E-state index is 0.00716. The van der Waals surface area contributed by atoms with Crippen molar-refractivity contribution in [2.24, 2.45) is 0 Å². The minimum atomic E-state index is -4.72. The highest BCUT2D eigenvalue weighted by atomic mass is 19.4. The van der Waals surface area contributed by atoms with E-state index in [1.54, 1.807) is 30.3 Å². The summed E-state index contributed by atoms with van der Waals surface area (Å²) >= 11 is 0. The number of benzene rings is 2. The first-order valence-corrected chi connectivity index (χ1v) is 10.1. The lowest BCUT2D eigenvalue weighted by Crippen LogP contribution is -2.28. The largest absolute Gasteiger partial charge is 0.416 e. The second kappa shape index (κ2) is 10.7. The molecule has 0 fully saturated rings. The molecule has 0 radical (unpaired) electrons. The Kier molecular flexibility index (Phi) is 7.71. The number of aromatic nitrogens is 3. The quantitative estimate of drug-likeness (QED) is 0.364. The summed E-state index contributed by atoms with van der Waals surface area (Å²) in [4.78, 5) is 36.2. The molecule has 2 N–H and O–H groups in total. The zero-order valence-corrected chi connectivity index (χ0v) is 17.6. The summed E-state index contributed by atoms with van der Waals surface area (Å²) in [5.74, 6) is -2.85. The number of ketones is 1. The Hall–Kier alpha value is -4.09. The van der Waals surface area contributed by atoms with Crippen LogP contribution in [0.5, 0.6) is 0 Å². The van der Waals surface area contributed by atoms with Gasteiger partial charge in [-0.2, -0.15) is 13.2 Å². The van der Waals surface area contributed by atoms with Crippen LogP contribution in [0.1, 0.15) is 43.2 Å². The molecule has 3 aromatic rings. The van der Waals surface area contributed by atoms with E-state index in [9.17, 15) is 31.9 Å². The van der Waals surface area contributed by atoms with Gasteiger partial charge in [-0.25, -0.2) is 9.07 Å². The van der Waals surface area contributed by atoms with Crippen LogP contribution in [0.15, 0.2) is 54.7 Å². The molecule has 0 aliphatic rings. The molecule has 0 atom stereocenters. The maximum atomic E-state index is 13.9. The number of halogens is 4. The van der Waals surface area contributed by atoms with Gasteiger partial charge in [-0.15, -0.1) is 5.10 Å². The van der Waals surface area contributed by atoms with Crippen molar-refractivity contribution < 1.29 is 31.9 Å². The van der Waals surface area contributed by atoms with E-state index in [-0.39, 0.29) is 43.6 Å². The maximum absolute atomic E-state index is 13.9. The molecule has 2 amide bonds. The van der Waals surface area contributed by atoms with E-state index in [2.05, 4.69) is 20.9 Å². The number of nitrogens with one attached hydrogen (secondary N) is 2. The van der Waals surface area contributed by atoms with Gasteiger partial charge in [0.05, 0.1) is 23.9 Å². The SMILES string of the molecule is O=C(CCNC(=O)c1cn(CCNC(=O)c2ccc(C(F)(F)F)cc2F)nn1)c1ccccc1. The molecule has 0 aliphatic heterocycles. The summed E-state index contributed by atoms with van der Waals surface area (Å²) in [6, 6.07) is 10.3. The minimum Gasteiger partial charge on any atom is -0.350 e. The van der Waals surface area contributed by atoms with Crippen molar-refractivity contribution in [3.05, 3.63) is 82.9 Å². The lowest BCUT2D eigenvalue weighted by atomic mass is 10.1. The van der Waals surface area contributed by atoms with Crippen LogP contribution in [0.3, 0.4) is 0 Å². The normalized spacial score (nSPS) is 11.2. The molecular weight excluding hydrogens is 458 g/mol. The second-order valence-corrected chi connectivity index (χ2v) is 7.11. The highest BCUT2D eigenvalue weighted by molar-refractivity contribution is 5.97. The first-order chi connectivity index (χ1) is 16.1. The molecule has 0 saturated heterocycles. The average Bonchev–Trinajstić information content (AvgIpc) is 3.28. The third kappa shape index (κ3) is 6.47. The molecule has 34 heavy (non-hydrogen) atoms. The third-order valence-electron chi connectivity index (χ3n) is 4.67. The topological polar surface area (TPSA) is 106 Å². The monoisotopic (exact) mass is 477 g/mol. The number of nitrogens with zero attached hydrogens (tertiary/aromatic N) is 3. The zero-order valence-electron chi connectivity index (χ0n) is 17.6. The summed E-state index contributed by atoms with van der Waals surface area (Å²) in [5, 5.41) is 12.4. The van der Waals surface area contributed by atoms with Crippen LogP contribution in [0.25, 0.3) is 0 Å². The van der Waals surface area contributed by atoms with Crippen LogP contribution in [0, 0.1) is 5.82 Å². The number of hydrogen-bond donors (Lipinski definition) is 2. The summed E-state index contributed by atoms with van der Waals surface area (Å²) in [7, 11) is 0. The lowest BCUT2D eigenvalue weighted by molar-refractivity contribution is -0.137. The Morgan fingerprint density at radius 3 is 2.32 bits per heavy atom. The molecule has 178 valence electrons. The molecule has 0 saturated carbocycles. The van der Waals surface area contributed by atoms with Gasteiger partial charge in [0.15, 0.2) is 11.5 Å². The van der Waals surface area contributed by atoms with E-state index in [1.807, 2.05) is 0 Å². The van der Waals surface area contributed by atoms with Gasteiger partial charge >= 0.3 is 6.18 Å². The van der Waals surface area contributed by atoms with Gasteiger partial charge in [-0.1, -0.05) is 35.5 Å². The van der Waals surface area contributed by atoms with Crippen LogP contribution in [-0.2, 0) is 12.7 Å². The molecule has 1 heterocycles. The molecular formula is C22H19F4N5O3. The van der Waals surface area contributed by atoms with Crippen LogP contribution in [-0.4, -0.2) is 45.7 Å². The first kappa shape index (κ1) is 24.6. The first-order valence-electron chi connectivity index (χ1n) is 10.1. The molecule has 8 nitrogen and oxygen atoms in total. The van der Waals surface area contributed by atoms with Crippen molar-refractivity contribution in [1.29, 1.82) is 0 Å². The summed E-state index contributed by atoms with van der Waals surface area (Å²) in [6.45, 7) is 0.129. The molecule has 0 spiro atoms. The number of amides is 2. The van der Waals surface area contributed by atoms with Gasteiger partial charge in [0, 0.05) is 25.1 Å². The van der Waals surface area contributed by atoms with Crippen molar-refractivity contribution in [3.8, 4) is 0 Å². The molecule has 0 bridgehead atoms. The van der Waals surface area contributed by atoms with E-state index >= 15 is 0 Å². The lowest BCUT2D eigenvalue weighted by Gasteiger charge is -2.09. The fourth-order valence-corrected chi connectivity index (χ4v) is 2.92. The number of hydrogen-bond acceptors (Lipinski definition) is 5. The third-order valence-corrected chi connectivity index (χ3v) is 4.67. The van der Waals surface area contributed by atoms with Gasteiger partial charge in [0.2, 0.25) is 0 Å². The Balaban J connectivity index is 1.44. The van der Waals surface area contributed by atoms with E-state index in [0.717, 1.165) is 6.07 Å². The molecule has 1 aromatic heterocycles. The fraction of sp³-hybridized carbons (Fsp3) is 0.227. The van der Waals surface area contributed by atoms with Crippen molar-refractivity contribution >= 4 is 17.6 Å². The number of alkyl halides is 3. The molecule has 0 unspecified atom stereocenters. The van der Waals surface area contributed by atoms with E-state index in [0.29, 0.717) is 11.6 Å². The highest BCUT2D eigenvalue weighted by Gasteiger charge is 2.31. The Labute approximate surface area is 191 Å². The summed E-state index contributed by atoms with van der Waals surface area (Å²) in [5.41, 5.74) is -1.19. The van der Waals surface area contributed by atoms with E-state index in [4.69, 9.17) is 0 Å². The fourth-order valence-electron chi connectivity index (χ4n) is 2.92. The number of Topliss-reactive ketones (excluding diaryl/α,β-unsaturated/α-hetero) is 1. The second-order valence-electron chi connectivity index (χ2n) is 7.11. The number of rotatable bonds is 9. The van der Waals surface area contributed by atoms with Gasteiger partial charge in [-0.05, 0) is 18.2 Å². The zero-order chi connectivity index (χ0) is 24.7. The van der Waals surface area contributed by atoms with Crippen LogP contribution < -0.4 is 10.6 Å². The highest BCUT2D eigenvalue weighted by Crippen LogP contribution is 2.30. The van der Waals surface area contributed by atoms with Gasteiger partial charge in [0.1, 0.15) is 5.82 Å². The average molecular weight is 477 g/mol. The Morgan fingerprint density at radius 1 is 0.941 bits per heavy atom. The van der Waals surface area contributed by atoms with Crippen LogP contribution in [0.2, 0.25) is 0 Å². The standard InChI is InChI=1S/C22H19F4N5O3/c23-17-12-15(22(24,25)26)6-7-16(17)20(33)28-10-11-31-13-18(29-30-31)21(34)27-9-8-19(32)14-4-2-1-3-5-14/h1-7,12-13H,8-11H2,(H,27,34)(H,28,33). The van der Waals surface area contributed by atoms with Gasteiger partial charge in [-0.3, -0.25) is 14.4 Å². The van der Waals surface area contributed by atoms with Gasteiger partial charge < -0.3 is 10.6 Å². The van der Waals surface area contributed by atoms with E-state index in [1.165, 1.54) is 10.9 Å². The van der Waals surface area contributed by atoms with E-state index < -0.39 is 34.9 Å². The van der Waals surface area contributed by atoms with Crippen molar-refractivity contribution in [3.63, 3.8) is 0 Å². The number of carbonyl (C=O) groups is 3. The van der Waals surface area contributed by atoms with Crippen molar-refractivity contribution in [2.75, 3.05) is 13.1 Å². The van der Waals surface area contributed by atoms with Crippen molar-refractivity contribution in [1.82, 2.24) is 25.6 Å². The molecule has 2 aromatic carbocycles. The van der Waals surface area contributed by atoms with Crippen LogP contribution >= 0.6 is 0 Å². The summed E-state index contributed by atoms with van der Waals surface area (Å²) in [6.07, 6.45) is -3.29. The van der Waals surface area contributed by atoms with Crippen LogP contribution in [0.4, 0.5) is 17.6 Å². The smallest absolute Gasteiger partial charge is 0.350 e. The Morgan fingerprint density at radius 2 is 1.65 bits per heavy atom. The predicted octanol–water partition coefficient (Wildman–Crippen LogP) is 2.87. The maximum Gasteiger partial charge on any atom is 0.416 e. The predicted molar refractivity (Wildman–Crippen MR) is 111 cm³/mol. The van der Waals surface area contributed by atoms with Gasteiger partial charge in [0.25, 0.3) is 11.8 Å². The van der Waals surface area contributed by atoms with Crippen molar-refractivity contribution in [2.45, 2.75) is 19.1 Å². The molecule has 12 heteroatoms. The molecule has 0 aliphatic carbocycles. The molecule has 3 rings (SSSR count). The Bertz CT molecular complexity index is 1180.